The Balaban J connectivity index is 1.38. The number of rotatable bonds is 3. The Labute approximate surface area is 243 Å². The minimum absolute atomic E-state index is 0.0334. The van der Waals surface area contributed by atoms with Crippen molar-refractivity contribution in [2.75, 3.05) is 36.9 Å². The minimum Gasteiger partial charge on any atom is -0.444 e. The fraction of sp³-hybridized carbons (Fsp3) is 0.414. The number of anilines is 2. The van der Waals surface area contributed by atoms with Crippen molar-refractivity contribution in [3.63, 3.8) is 0 Å². The van der Waals surface area contributed by atoms with Crippen molar-refractivity contribution in [3.05, 3.63) is 40.7 Å². The van der Waals surface area contributed by atoms with Crippen LogP contribution in [0.2, 0.25) is 0 Å². The number of carbonyl (C=O) groups is 1. The lowest BCUT2D eigenvalue weighted by molar-refractivity contribution is -0.0135. The van der Waals surface area contributed by atoms with E-state index < -0.39 is 23.3 Å². The first-order valence-corrected chi connectivity index (χ1v) is 14.4. The number of thiophene rings is 1. The predicted octanol–water partition coefficient (Wildman–Crippen LogP) is 5.33. The van der Waals surface area contributed by atoms with Crippen molar-refractivity contribution in [2.24, 2.45) is 0 Å². The zero-order valence-corrected chi connectivity index (χ0v) is 24.3. The molecule has 42 heavy (non-hydrogen) atoms. The first-order chi connectivity index (χ1) is 20.0. The molecule has 1 aromatic carbocycles. The Morgan fingerprint density at radius 1 is 1.21 bits per heavy atom. The average molecular weight is 592 g/mol. The van der Waals surface area contributed by atoms with E-state index in [0.717, 1.165) is 49.2 Å². The summed E-state index contributed by atoms with van der Waals surface area (Å²) in [6.45, 7) is 8.04. The van der Waals surface area contributed by atoms with E-state index in [4.69, 9.17) is 9.47 Å². The Hall–Kier alpha value is -3.99. The number of nitriles is 1. The highest BCUT2D eigenvalue weighted by Crippen LogP contribution is 2.46. The Kier molecular flexibility index (Phi) is 5.92. The molecule has 13 heteroatoms. The lowest BCUT2D eigenvalue weighted by atomic mass is 9.78. The number of fused-ring (bicyclic) bond motifs is 4. The SMILES string of the molecule is CN1CCC12CN(c1ncc3c4c(c(-c5ncc(F)c6sc(NC(=O)OC(C)(C)C)c(C#N)c56)c(F)c3n1)COC4)C2. The maximum Gasteiger partial charge on any atom is 0.412 e. The van der Waals surface area contributed by atoms with Gasteiger partial charge >= 0.3 is 6.09 Å². The monoisotopic (exact) mass is 591 g/mol. The van der Waals surface area contributed by atoms with Crippen molar-refractivity contribution in [1.29, 1.82) is 5.26 Å². The molecule has 1 N–H and O–H groups in total. The van der Waals surface area contributed by atoms with Crippen LogP contribution >= 0.6 is 11.3 Å². The minimum atomic E-state index is -0.795. The van der Waals surface area contributed by atoms with Gasteiger partial charge < -0.3 is 14.4 Å². The van der Waals surface area contributed by atoms with Crippen LogP contribution in [0.5, 0.6) is 0 Å². The quantitative estimate of drug-likeness (QED) is 0.338. The van der Waals surface area contributed by atoms with E-state index in [2.05, 4.69) is 38.3 Å². The molecule has 1 spiro atoms. The molecule has 3 aromatic heterocycles. The maximum atomic E-state index is 16.7. The zero-order chi connectivity index (χ0) is 29.6. The van der Waals surface area contributed by atoms with Crippen LogP contribution in [0.15, 0.2) is 12.4 Å². The molecule has 7 rings (SSSR count). The topological polar surface area (TPSA) is 116 Å². The number of ether oxygens (including phenoxy) is 2. The number of nitrogens with one attached hydrogen (secondary N) is 1. The van der Waals surface area contributed by atoms with Gasteiger partial charge in [-0.1, -0.05) is 0 Å². The summed E-state index contributed by atoms with van der Waals surface area (Å²) < 4.78 is 42.9. The van der Waals surface area contributed by atoms with Crippen LogP contribution in [-0.2, 0) is 22.7 Å². The number of aromatic nitrogens is 3. The predicted molar refractivity (Wildman–Crippen MR) is 153 cm³/mol. The summed E-state index contributed by atoms with van der Waals surface area (Å²) in [5.74, 6) is -0.906. The molecule has 0 unspecified atom stereocenters. The molecule has 216 valence electrons. The summed E-state index contributed by atoms with van der Waals surface area (Å²) in [5, 5.41) is 13.4. The van der Waals surface area contributed by atoms with E-state index in [-0.39, 0.29) is 56.2 Å². The van der Waals surface area contributed by atoms with Crippen molar-refractivity contribution < 1.29 is 23.0 Å². The van der Waals surface area contributed by atoms with Gasteiger partial charge in [0.05, 0.1) is 40.9 Å². The molecule has 2 fully saturated rings. The van der Waals surface area contributed by atoms with Crippen LogP contribution in [0.3, 0.4) is 0 Å². The lowest BCUT2D eigenvalue weighted by Gasteiger charge is -2.61. The molecule has 1 amide bonds. The Morgan fingerprint density at radius 2 is 1.98 bits per heavy atom. The highest BCUT2D eigenvalue weighted by atomic mass is 32.1. The van der Waals surface area contributed by atoms with Crippen molar-refractivity contribution in [3.8, 4) is 17.3 Å². The highest BCUT2D eigenvalue weighted by Gasteiger charge is 2.52. The summed E-state index contributed by atoms with van der Waals surface area (Å²) in [6.07, 6.45) is 2.95. The van der Waals surface area contributed by atoms with Gasteiger partial charge in [-0.05, 0) is 45.4 Å². The zero-order valence-electron chi connectivity index (χ0n) is 23.5. The molecule has 0 saturated carbocycles. The van der Waals surface area contributed by atoms with E-state index in [9.17, 15) is 10.1 Å². The van der Waals surface area contributed by atoms with E-state index >= 15 is 8.78 Å². The van der Waals surface area contributed by atoms with Crippen LogP contribution in [-0.4, -0.2) is 63.8 Å². The van der Waals surface area contributed by atoms with E-state index in [0.29, 0.717) is 16.9 Å². The van der Waals surface area contributed by atoms with Gasteiger partial charge in [0.2, 0.25) is 5.95 Å². The van der Waals surface area contributed by atoms with E-state index in [1.165, 1.54) is 0 Å². The van der Waals surface area contributed by atoms with Gasteiger partial charge in [-0.3, -0.25) is 15.2 Å². The summed E-state index contributed by atoms with van der Waals surface area (Å²) in [7, 11) is 2.10. The molecule has 0 atom stereocenters. The number of amides is 1. The highest BCUT2D eigenvalue weighted by molar-refractivity contribution is 7.23. The molecule has 0 aliphatic carbocycles. The number of halogens is 2. The van der Waals surface area contributed by atoms with Gasteiger partial charge in [0.25, 0.3) is 0 Å². The summed E-state index contributed by atoms with van der Waals surface area (Å²) >= 11 is 0.866. The maximum absolute atomic E-state index is 16.7. The number of nitrogens with zero attached hydrogens (tertiary/aromatic N) is 6. The molecule has 3 aliphatic heterocycles. The fourth-order valence-corrected chi connectivity index (χ4v) is 7.05. The lowest BCUT2D eigenvalue weighted by Crippen LogP contribution is -2.76. The standard InChI is InChI=1S/C29H27F2N7O3S/c1-28(2,3)41-27(39)36-25-14(7-32)20-23(33-9-18(30)24(20)42-25)19-17-11-40-10-16(17)15-8-34-26(35-22(15)21(19)31)38-12-29(13-38)5-6-37(29)4/h8-9H,5-6,10-13H2,1-4H3,(H,36,39). The molecule has 2 saturated heterocycles. The van der Waals surface area contributed by atoms with Crippen molar-refractivity contribution in [2.45, 2.75) is 51.5 Å². The third kappa shape index (κ3) is 4.00. The average Bonchev–Trinajstić information content (AvgIpc) is 3.52. The number of hydrogen-bond donors (Lipinski definition) is 1. The van der Waals surface area contributed by atoms with Gasteiger partial charge in [0, 0.05) is 42.2 Å². The third-order valence-electron chi connectivity index (χ3n) is 8.29. The second-order valence-electron chi connectivity index (χ2n) is 12.0. The van der Waals surface area contributed by atoms with Crippen LogP contribution in [0.1, 0.15) is 43.9 Å². The number of hydrogen-bond acceptors (Lipinski definition) is 10. The van der Waals surface area contributed by atoms with Gasteiger partial charge in [-0.2, -0.15) is 5.26 Å². The molecule has 6 heterocycles. The van der Waals surface area contributed by atoms with Gasteiger partial charge in [0.1, 0.15) is 22.2 Å². The molecule has 3 aliphatic rings. The number of pyridine rings is 1. The first kappa shape index (κ1) is 26.9. The van der Waals surface area contributed by atoms with Gasteiger partial charge in [-0.25, -0.2) is 23.5 Å². The smallest absolute Gasteiger partial charge is 0.412 e. The van der Waals surface area contributed by atoms with Gasteiger partial charge in [0.15, 0.2) is 11.6 Å². The van der Waals surface area contributed by atoms with Gasteiger partial charge in [-0.15, -0.1) is 11.3 Å². The second kappa shape index (κ2) is 9.26. The van der Waals surface area contributed by atoms with Crippen LogP contribution in [0.25, 0.3) is 32.2 Å². The second-order valence-corrected chi connectivity index (χ2v) is 13.0. The summed E-state index contributed by atoms with van der Waals surface area (Å²) in [4.78, 5) is 30.4. The molecular formula is C29H27F2N7O3S. The molecule has 0 radical (unpaired) electrons. The van der Waals surface area contributed by atoms with E-state index in [1.54, 1.807) is 27.0 Å². The normalized spacial score (nSPS) is 17.7. The van der Waals surface area contributed by atoms with Crippen LogP contribution in [0, 0.1) is 23.0 Å². The van der Waals surface area contributed by atoms with E-state index in [1.807, 2.05) is 4.90 Å². The fourth-order valence-electron chi connectivity index (χ4n) is 6.01. The third-order valence-corrected chi connectivity index (χ3v) is 9.41. The summed E-state index contributed by atoms with van der Waals surface area (Å²) in [6, 6.07) is 2.05. The molecule has 0 bridgehead atoms. The summed E-state index contributed by atoms with van der Waals surface area (Å²) in [5.41, 5.74) is 0.884. The van der Waals surface area contributed by atoms with Crippen LogP contribution in [0.4, 0.5) is 24.5 Å². The Bertz CT molecular complexity index is 1860. The Morgan fingerprint density at radius 3 is 2.64 bits per heavy atom. The molecule has 10 nitrogen and oxygen atoms in total. The van der Waals surface area contributed by atoms with Crippen molar-refractivity contribution in [1.82, 2.24) is 19.9 Å². The number of carbonyl (C=O) groups excluding carboxylic acids is 1. The molecule has 4 aromatic rings. The molecular weight excluding hydrogens is 564 g/mol. The number of likely N-dealkylation sites (N-methyl/N-ethyl adjacent to an activating group) is 1. The largest absolute Gasteiger partial charge is 0.444 e. The first-order valence-electron chi connectivity index (χ1n) is 13.5. The van der Waals surface area contributed by atoms with Crippen LogP contribution < -0.4 is 10.2 Å². The number of likely N-dealkylation sites (tertiary alicyclic amines) is 1. The number of benzene rings is 1. The van der Waals surface area contributed by atoms with Crippen molar-refractivity contribution >= 4 is 49.4 Å².